The Bertz CT molecular complexity index is 466. The lowest BCUT2D eigenvalue weighted by Crippen LogP contribution is -2.27. The molecule has 0 radical (unpaired) electrons. The number of halogens is 6. The van der Waals surface area contributed by atoms with Gasteiger partial charge in [0.2, 0.25) is 0 Å². The minimum absolute atomic E-state index is 0.343. The third-order valence-electron chi connectivity index (χ3n) is 2.82. The molecule has 17 heavy (non-hydrogen) atoms. The van der Waals surface area contributed by atoms with Gasteiger partial charge in [0.1, 0.15) is 11.4 Å². The van der Waals surface area contributed by atoms with Gasteiger partial charge in [-0.05, 0) is 17.7 Å². The summed E-state index contributed by atoms with van der Waals surface area (Å²) in [5.41, 5.74) is 1.17. The van der Waals surface area contributed by atoms with E-state index in [1.54, 1.807) is 0 Å². The first-order chi connectivity index (χ1) is 7.58. The highest BCUT2D eigenvalue weighted by Gasteiger charge is 2.70. The van der Waals surface area contributed by atoms with Gasteiger partial charge in [0.05, 0.1) is 5.56 Å². The fourth-order valence-electron chi connectivity index (χ4n) is 1.64. The van der Waals surface area contributed by atoms with Gasteiger partial charge in [0.25, 0.3) is 5.92 Å². The fraction of sp³-hybridized carbons (Fsp3) is 0.400. The van der Waals surface area contributed by atoms with Crippen LogP contribution in [0.5, 0.6) is 0 Å². The van der Waals surface area contributed by atoms with E-state index in [0.29, 0.717) is 12.1 Å². The summed E-state index contributed by atoms with van der Waals surface area (Å²) in [5.74, 6) is -4.75. The molecule has 1 fully saturated rings. The first-order valence-electron chi connectivity index (χ1n) is 4.62. The molecule has 1 aromatic rings. The summed E-state index contributed by atoms with van der Waals surface area (Å²) in [6.07, 6.45) is -5.66. The first-order valence-corrected chi connectivity index (χ1v) is 4.62. The van der Waals surface area contributed by atoms with E-state index < -0.39 is 41.0 Å². The molecule has 0 amide bonds. The maximum atomic E-state index is 12.9. The Kier molecular flexibility index (Phi) is 2.27. The lowest BCUT2D eigenvalue weighted by atomic mass is 10.0. The van der Waals surface area contributed by atoms with Crippen molar-refractivity contribution in [3.05, 3.63) is 35.1 Å². The third kappa shape index (κ3) is 1.78. The third-order valence-corrected chi connectivity index (χ3v) is 2.82. The zero-order valence-corrected chi connectivity index (χ0v) is 8.28. The van der Waals surface area contributed by atoms with Crippen molar-refractivity contribution in [2.45, 2.75) is 24.1 Å². The molecule has 0 aromatic heterocycles. The molecular formula is C10H7F6N. The molecule has 1 saturated carbocycles. The van der Waals surface area contributed by atoms with Gasteiger partial charge in [-0.15, -0.1) is 0 Å². The van der Waals surface area contributed by atoms with Crippen molar-refractivity contribution in [1.29, 1.82) is 0 Å². The van der Waals surface area contributed by atoms with E-state index in [0.717, 1.165) is 6.07 Å². The highest BCUT2D eigenvalue weighted by molar-refractivity contribution is 5.39. The Morgan fingerprint density at radius 1 is 1.18 bits per heavy atom. The molecule has 94 valence electrons. The van der Waals surface area contributed by atoms with Gasteiger partial charge in [-0.25, -0.2) is 13.2 Å². The highest BCUT2D eigenvalue weighted by atomic mass is 19.4. The van der Waals surface area contributed by atoms with Crippen LogP contribution in [-0.2, 0) is 11.7 Å². The molecule has 0 spiro atoms. The maximum Gasteiger partial charge on any atom is 0.419 e. The predicted molar refractivity (Wildman–Crippen MR) is 46.8 cm³/mol. The fourth-order valence-corrected chi connectivity index (χ4v) is 1.64. The summed E-state index contributed by atoms with van der Waals surface area (Å²) in [6, 6.07) is 1.70. The summed E-state index contributed by atoms with van der Waals surface area (Å²) in [5, 5.41) is 0. The number of rotatable bonds is 1. The van der Waals surface area contributed by atoms with Crippen LogP contribution in [0.15, 0.2) is 18.2 Å². The van der Waals surface area contributed by atoms with Gasteiger partial charge in [0.15, 0.2) is 0 Å². The maximum absolute atomic E-state index is 12.9. The van der Waals surface area contributed by atoms with Gasteiger partial charge in [-0.1, -0.05) is 6.07 Å². The van der Waals surface area contributed by atoms with Crippen LogP contribution in [0.2, 0.25) is 0 Å². The smallest absolute Gasteiger partial charge is 0.316 e. The summed E-state index contributed by atoms with van der Waals surface area (Å²) in [4.78, 5) is 0. The van der Waals surface area contributed by atoms with Crippen molar-refractivity contribution in [3.8, 4) is 0 Å². The van der Waals surface area contributed by atoms with E-state index >= 15 is 0 Å². The van der Waals surface area contributed by atoms with Crippen LogP contribution in [0, 0.1) is 5.82 Å². The molecule has 0 heterocycles. The van der Waals surface area contributed by atoms with Crippen molar-refractivity contribution in [1.82, 2.24) is 0 Å². The Balaban J connectivity index is 2.47. The molecule has 1 nitrogen and oxygen atoms in total. The van der Waals surface area contributed by atoms with Crippen molar-refractivity contribution < 1.29 is 26.3 Å². The van der Waals surface area contributed by atoms with E-state index in [4.69, 9.17) is 5.73 Å². The van der Waals surface area contributed by atoms with Crippen LogP contribution in [0.1, 0.15) is 17.5 Å². The summed E-state index contributed by atoms with van der Waals surface area (Å²) in [6.45, 7) is 0. The van der Waals surface area contributed by atoms with Crippen molar-refractivity contribution >= 4 is 0 Å². The van der Waals surface area contributed by atoms with E-state index in [1.165, 1.54) is 0 Å². The van der Waals surface area contributed by atoms with Crippen LogP contribution >= 0.6 is 0 Å². The molecular weight excluding hydrogens is 248 g/mol. The number of alkyl halides is 5. The number of hydrogen-bond donors (Lipinski definition) is 1. The molecule has 1 aromatic carbocycles. The van der Waals surface area contributed by atoms with Crippen LogP contribution in [0.4, 0.5) is 26.3 Å². The molecule has 1 unspecified atom stereocenters. The highest BCUT2D eigenvalue weighted by Crippen LogP contribution is 2.57. The van der Waals surface area contributed by atoms with Gasteiger partial charge in [0, 0.05) is 6.42 Å². The zero-order valence-electron chi connectivity index (χ0n) is 8.28. The van der Waals surface area contributed by atoms with E-state index in [2.05, 4.69) is 0 Å². The quantitative estimate of drug-likeness (QED) is 0.767. The number of nitrogens with two attached hydrogens (primary N) is 1. The standard InChI is InChI=1S/C10H7F6N/c11-7-2-1-5(3-6(7)10(14,15)16)8(17)4-9(8,12)13/h1-3H,4,17H2. The molecule has 1 aliphatic rings. The van der Waals surface area contributed by atoms with E-state index in [9.17, 15) is 26.3 Å². The molecule has 2 rings (SSSR count). The minimum atomic E-state index is -4.93. The molecule has 7 heteroatoms. The largest absolute Gasteiger partial charge is 0.419 e. The number of hydrogen-bond acceptors (Lipinski definition) is 1. The summed E-state index contributed by atoms with van der Waals surface area (Å²) >= 11 is 0. The average molecular weight is 255 g/mol. The topological polar surface area (TPSA) is 26.0 Å². The molecule has 0 bridgehead atoms. The van der Waals surface area contributed by atoms with Crippen LogP contribution < -0.4 is 5.73 Å². The molecule has 0 aliphatic heterocycles. The molecule has 1 aliphatic carbocycles. The second kappa shape index (κ2) is 3.16. The van der Waals surface area contributed by atoms with Gasteiger partial charge in [-0.2, -0.15) is 13.2 Å². The normalized spacial score (nSPS) is 27.0. The van der Waals surface area contributed by atoms with Crippen molar-refractivity contribution in [3.63, 3.8) is 0 Å². The Morgan fingerprint density at radius 3 is 2.12 bits per heavy atom. The lowest BCUT2D eigenvalue weighted by molar-refractivity contribution is -0.140. The van der Waals surface area contributed by atoms with E-state index in [1.807, 2.05) is 0 Å². The Hall–Kier alpha value is -1.24. The van der Waals surface area contributed by atoms with Crippen molar-refractivity contribution in [2.24, 2.45) is 5.73 Å². The Morgan fingerprint density at radius 2 is 1.71 bits per heavy atom. The molecule has 2 N–H and O–H groups in total. The molecule has 1 atom stereocenters. The minimum Gasteiger partial charge on any atom is -0.316 e. The van der Waals surface area contributed by atoms with E-state index in [-0.39, 0.29) is 0 Å². The SMILES string of the molecule is NC1(c2ccc(F)c(C(F)(F)F)c2)CC1(F)F. The first kappa shape index (κ1) is 12.2. The van der Waals surface area contributed by atoms with Crippen molar-refractivity contribution in [2.75, 3.05) is 0 Å². The molecule has 0 saturated heterocycles. The van der Waals surface area contributed by atoms with Gasteiger partial charge in [-0.3, -0.25) is 0 Å². The summed E-state index contributed by atoms with van der Waals surface area (Å²) in [7, 11) is 0. The van der Waals surface area contributed by atoms with Crippen LogP contribution in [0.25, 0.3) is 0 Å². The van der Waals surface area contributed by atoms with Gasteiger partial charge < -0.3 is 5.73 Å². The second-order valence-corrected chi connectivity index (χ2v) is 4.04. The van der Waals surface area contributed by atoms with Crippen LogP contribution in [0.3, 0.4) is 0 Å². The Labute approximate surface area is 92.2 Å². The second-order valence-electron chi connectivity index (χ2n) is 4.04. The predicted octanol–water partition coefficient (Wildman–Crippen LogP) is 3.04. The monoisotopic (exact) mass is 255 g/mol. The number of benzene rings is 1. The zero-order chi connectivity index (χ0) is 13.1. The lowest BCUT2D eigenvalue weighted by Gasteiger charge is -2.14. The van der Waals surface area contributed by atoms with Crippen LogP contribution in [-0.4, -0.2) is 5.92 Å². The summed E-state index contributed by atoms with van der Waals surface area (Å²) < 4.78 is 75.8. The average Bonchev–Trinajstić information content (AvgIpc) is 2.65. The van der Waals surface area contributed by atoms with Gasteiger partial charge >= 0.3 is 6.18 Å².